The summed E-state index contributed by atoms with van der Waals surface area (Å²) in [7, 11) is 4.04. The molecule has 0 aliphatic carbocycles. The van der Waals surface area contributed by atoms with Crippen molar-refractivity contribution < 1.29 is 9.18 Å². The molecule has 6 rings (SSSR count). The van der Waals surface area contributed by atoms with Crippen LogP contribution < -0.4 is 15.5 Å². The number of nitrogens with one attached hydrogen (secondary N) is 2. The molecule has 7 heteroatoms. The number of carbonyl (C=O) groups excluding carboxylic acids is 1. The van der Waals surface area contributed by atoms with Crippen LogP contribution in [0.1, 0.15) is 62.3 Å². The number of piperidine rings is 1. The monoisotopic (exact) mass is 606 g/mol. The fourth-order valence-electron chi connectivity index (χ4n) is 6.61. The zero-order chi connectivity index (χ0) is 31.0. The van der Waals surface area contributed by atoms with Gasteiger partial charge in [-0.1, -0.05) is 61.8 Å². The van der Waals surface area contributed by atoms with Crippen molar-refractivity contribution in [3.05, 3.63) is 99.8 Å². The summed E-state index contributed by atoms with van der Waals surface area (Å²) in [5.41, 5.74) is 6.52. The Morgan fingerprint density at radius 1 is 1.07 bits per heavy atom. The topological polar surface area (TPSA) is 47.6 Å². The predicted molar refractivity (Wildman–Crippen MR) is 178 cm³/mol. The molecular formula is C36H48ClFN4O. The van der Waals surface area contributed by atoms with Crippen LogP contribution in [0.3, 0.4) is 0 Å². The molecule has 2 atom stereocenters. The van der Waals surface area contributed by atoms with E-state index in [1.165, 1.54) is 16.8 Å². The van der Waals surface area contributed by atoms with Crippen molar-refractivity contribution in [2.24, 2.45) is 0 Å². The Labute approximate surface area is 262 Å². The van der Waals surface area contributed by atoms with Crippen molar-refractivity contribution in [1.29, 1.82) is 0 Å². The summed E-state index contributed by atoms with van der Waals surface area (Å²) in [6, 6.07) is 21.9. The number of amides is 1. The maximum Gasteiger partial charge on any atom is 0.240 e. The number of fused-ring (bicyclic) bond motifs is 3. The summed E-state index contributed by atoms with van der Waals surface area (Å²) >= 11 is 5.98. The number of likely N-dealkylation sites (tertiary alicyclic amines) is 1. The highest BCUT2D eigenvalue weighted by Crippen LogP contribution is 2.46. The Bertz CT molecular complexity index is 1340. The lowest BCUT2D eigenvalue weighted by Gasteiger charge is -2.41. The number of hydrogen-bond acceptors (Lipinski definition) is 4. The summed E-state index contributed by atoms with van der Waals surface area (Å²) in [6.45, 7) is 9.66. The molecule has 2 N–H and O–H groups in total. The number of hydrogen-bond donors (Lipinski definition) is 2. The highest BCUT2D eigenvalue weighted by molar-refractivity contribution is 6.30. The largest absolute Gasteiger partial charge is 0.373 e. The van der Waals surface area contributed by atoms with E-state index >= 15 is 0 Å². The molecule has 0 unspecified atom stereocenters. The minimum atomic E-state index is -0.200. The van der Waals surface area contributed by atoms with Crippen molar-refractivity contribution in [3.8, 4) is 0 Å². The van der Waals surface area contributed by atoms with E-state index in [4.69, 9.17) is 11.6 Å². The third kappa shape index (κ3) is 7.97. The maximum absolute atomic E-state index is 13.1. The van der Waals surface area contributed by atoms with Gasteiger partial charge in [-0.05, 0) is 98.7 Å². The Balaban J connectivity index is 0.000000235. The summed E-state index contributed by atoms with van der Waals surface area (Å²) in [5, 5.41) is 7.30. The predicted octanol–water partition coefficient (Wildman–Crippen LogP) is 6.76. The van der Waals surface area contributed by atoms with Crippen molar-refractivity contribution in [2.45, 2.75) is 76.9 Å². The van der Waals surface area contributed by atoms with Crippen LogP contribution in [0.2, 0.25) is 5.02 Å². The molecule has 1 saturated heterocycles. The number of para-hydroxylation sites is 1. The van der Waals surface area contributed by atoms with Crippen molar-refractivity contribution in [1.82, 2.24) is 15.5 Å². The Kier molecular flexibility index (Phi) is 11.6. The first-order chi connectivity index (χ1) is 20.8. The first kappa shape index (κ1) is 33.0. The van der Waals surface area contributed by atoms with E-state index in [-0.39, 0.29) is 23.2 Å². The molecule has 3 aliphatic heterocycles. The average Bonchev–Trinajstić information content (AvgIpc) is 3.17. The number of nitrogens with zero attached hydrogens (tertiary/aromatic N) is 2. The van der Waals surface area contributed by atoms with Crippen molar-refractivity contribution >= 4 is 23.2 Å². The molecule has 1 spiro atoms. The Morgan fingerprint density at radius 2 is 1.77 bits per heavy atom. The molecule has 0 bridgehead atoms. The summed E-state index contributed by atoms with van der Waals surface area (Å²) in [6.07, 6.45) is 4.93. The third-order valence-electron chi connectivity index (χ3n) is 9.11. The molecule has 0 radical (unpaired) electrons. The van der Waals surface area contributed by atoms with E-state index in [1.807, 2.05) is 56.1 Å². The summed E-state index contributed by atoms with van der Waals surface area (Å²) in [5.74, 6) is 0.0713. The average molecular weight is 607 g/mol. The molecule has 0 saturated carbocycles. The SMILES string of the molecule is CC.CN[C@H](Cc1ccc(Cl)cc1)C(=O)N1CCC2(CC1)CN(C)c1ccccc12.C[C@@H]1CCc2ccc(F)cc2CN1. The van der Waals surface area contributed by atoms with E-state index in [1.54, 1.807) is 12.1 Å². The Morgan fingerprint density at radius 3 is 2.47 bits per heavy atom. The molecule has 232 valence electrons. The van der Waals surface area contributed by atoms with Gasteiger partial charge in [-0.25, -0.2) is 4.39 Å². The van der Waals surface area contributed by atoms with Gasteiger partial charge in [-0.2, -0.15) is 0 Å². The van der Waals surface area contributed by atoms with E-state index in [0.717, 1.165) is 68.0 Å². The number of halogens is 2. The van der Waals surface area contributed by atoms with Crippen LogP contribution >= 0.6 is 11.6 Å². The zero-order valence-corrected chi connectivity index (χ0v) is 27.2. The maximum atomic E-state index is 13.1. The summed E-state index contributed by atoms with van der Waals surface area (Å²) in [4.78, 5) is 17.6. The molecular weight excluding hydrogens is 559 g/mol. The van der Waals surface area contributed by atoms with Gasteiger partial charge in [0.1, 0.15) is 5.82 Å². The van der Waals surface area contributed by atoms with Gasteiger partial charge in [0, 0.05) is 55.4 Å². The molecule has 3 heterocycles. The fourth-order valence-corrected chi connectivity index (χ4v) is 6.74. The normalized spacial score (nSPS) is 19.2. The minimum absolute atomic E-state index is 0.130. The molecule has 0 aromatic heterocycles. The lowest BCUT2D eigenvalue weighted by Crippen LogP contribution is -2.52. The van der Waals surface area contributed by atoms with Gasteiger partial charge >= 0.3 is 0 Å². The van der Waals surface area contributed by atoms with Gasteiger partial charge in [0.2, 0.25) is 5.91 Å². The van der Waals surface area contributed by atoms with Crippen LogP contribution in [0.25, 0.3) is 0 Å². The molecule has 3 aromatic rings. The zero-order valence-electron chi connectivity index (χ0n) is 26.4. The highest BCUT2D eigenvalue weighted by atomic mass is 35.5. The number of likely N-dealkylation sites (N-methyl/N-ethyl adjacent to an activating group) is 2. The van der Waals surface area contributed by atoms with Crippen LogP contribution in [0.4, 0.5) is 10.1 Å². The lowest BCUT2D eigenvalue weighted by atomic mass is 9.74. The smallest absolute Gasteiger partial charge is 0.240 e. The van der Waals surface area contributed by atoms with Crippen molar-refractivity contribution in [3.63, 3.8) is 0 Å². The number of aryl methyl sites for hydroxylation is 1. The molecule has 3 aliphatic rings. The molecule has 5 nitrogen and oxygen atoms in total. The second-order valence-electron chi connectivity index (χ2n) is 11.9. The second-order valence-corrected chi connectivity index (χ2v) is 12.3. The Hall–Kier alpha value is -2.93. The number of anilines is 1. The summed E-state index contributed by atoms with van der Waals surface area (Å²) < 4.78 is 12.9. The van der Waals surface area contributed by atoms with E-state index in [9.17, 15) is 9.18 Å². The van der Waals surface area contributed by atoms with Crippen LogP contribution in [0, 0.1) is 5.82 Å². The molecule has 1 amide bonds. The first-order valence-electron chi connectivity index (χ1n) is 15.8. The van der Waals surface area contributed by atoms with Gasteiger partial charge in [-0.15, -0.1) is 0 Å². The third-order valence-corrected chi connectivity index (χ3v) is 9.37. The van der Waals surface area contributed by atoms with Gasteiger partial charge < -0.3 is 20.4 Å². The van der Waals surface area contributed by atoms with Gasteiger partial charge in [0.25, 0.3) is 0 Å². The molecule has 43 heavy (non-hydrogen) atoms. The minimum Gasteiger partial charge on any atom is -0.373 e. The first-order valence-corrected chi connectivity index (χ1v) is 16.2. The second kappa shape index (κ2) is 15.2. The van der Waals surface area contributed by atoms with Gasteiger partial charge in [-0.3, -0.25) is 4.79 Å². The fraction of sp³-hybridized carbons (Fsp3) is 0.472. The van der Waals surface area contributed by atoms with Crippen LogP contribution in [0.15, 0.2) is 66.7 Å². The highest BCUT2D eigenvalue weighted by Gasteiger charge is 2.44. The van der Waals surface area contributed by atoms with Crippen LogP contribution in [0.5, 0.6) is 0 Å². The number of carbonyl (C=O) groups is 1. The van der Waals surface area contributed by atoms with Crippen LogP contribution in [-0.2, 0) is 29.6 Å². The van der Waals surface area contributed by atoms with E-state index < -0.39 is 0 Å². The van der Waals surface area contributed by atoms with Gasteiger partial charge in [0.05, 0.1) is 6.04 Å². The molecule has 1 fully saturated rings. The van der Waals surface area contributed by atoms with Crippen LogP contribution in [-0.4, -0.2) is 56.6 Å². The number of rotatable bonds is 4. The molecule has 3 aromatic carbocycles. The quantitative estimate of drug-likeness (QED) is 0.345. The lowest BCUT2D eigenvalue weighted by molar-refractivity contribution is -0.134. The van der Waals surface area contributed by atoms with Crippen molar-refractivity contribution in [2.75, 3.05) is 38.6 Å². The van der Waals surface area contributed by atoms with Gasteiger partial charge in [0.15, 0.2) is 0 Å². The number of benzene rings is 3. The standard InChI is InChI=1S/C23H28ClN3O.C11H14FN.C2H6/c1-25-20(15-17-7-9-18(24)10-8-17)22(28)27-13-11-23(12-14-27)16-26(2)21-6-4-3-5-19(21)23;1-8-2-3-9-4-5-11(12)6-10(9)7-13-8;1-2/h3-10,20,25H,11-16H2,1-2H3;4-6,8,13H,2-3,7H2,1H3;1-2H3/t20-;8-;/m11./s1. The van der Waals surface area contributed by atoms with E-state index in [0.29, 0.717) is 12.5 Å². The van der Waals surface area contributed by atoms with E-state index in [2.05, 4.69) is 53.8 Å².